The number of ketones is 1. The highest BCUT2D eigenvalue weighted by Gasteiger charge is 2.18. The van der Waals surface area contributed by atoms with Crippen molar-refractivity contribution in [2.75, 3.05) is 29.6 Å². The number of carbonyl (C=O) groups excluding carboxylic acids is 1. The highest BCUT2D eigenvalue weighted by atomic mass is 32.2. The fourth-order valence-electron chi connectivity index (χ4n) is 2.57. The van der Waals surface area contributed by atoms with Crippen LogP contribution in [0.15, 0.2) is 24.8 Å². The fourth-order valence-corrected chi connectivity index (χ4v) is 3.74. The third kappa shape index (κ3) is 6.71. The van der Waals surface area contributed by atoms with E-state index < -0.39 is 11.1 Å². The summed E-state index contributed by atoms with van der Waals surface area (Å²) in [4.78, 5) is 20.9. The van der Waals surface area contributed by atoms with Crippen LogP contribution in [-0.4, -0.2) is 58.6 Å². The minimum Gasteiger partial charge on any atom is -0.369 e. The van der Waals surface area contributed by atoms with Crippen LogP contribution < -0.4 is 5.32 Å². The molecule has 148 valence electrons. The molecular weight excluding hydrogens is 386 g/mol. The van der Waals surface area contributed by atoms with Gasteiger partial charge in [0.25, 0.3) is 0 Å². The molecule has 10 heteroatoms. The number of aryl methyl sites for hydroxylation is 1. The smallest absolute Gasteiger partial charge is 0.218 e. The highest BCUT2D eigenvalue weighted by molar-refractivity contribution is 7.98. The molecule has 2 aromatic rings. The first-order valence-electron chi connectivity index (χ1n) is 8.73. The zero-order chi connectivity index (χ0) is 19.6. The van der Waals surface area contributed by atoms with E-state index in [0.29, 0.717) is 30.0 Å². The molecule has 0 aliphatic rings. The zero-order valence-corrected chi connectivity index (χ0v) is 17.1. The van der Waals surface area contributed by atoms with Gasteiger partial charge >= 0.3 is 0 Å². The van der Waals surface area contributed by atoms with E-state index in [2.05, 4.69) is 20.4 Å². The number of anilines is 1. The number of nitrogens with zero attached hydrogens (tertiary/aromatic N) is 4. The van der Waals surface area contributed by atoms with Gasteiger partial charge in [-0.05, 0) is 24.7 Å². The third-order valence-electron chi connectivity index (χ3n) is 4.16. The van der Waals surface area contributed by atoms with E-state index in [-0.39, 0.29) is 17.5 Å². The van der Waals surface area contributed by atoms with Crippen LogP contribution in [0.4, 0.5) is 5.82 Å². The number of rotatable bonds is 12. The lowest BCUT2D eigenvalue weighted by atomic mass is 10.1. The van der Waals surface area contributed by atoms with E-state index in [1.165, 1.54) is 12.5 Å². The van der Waals surface area contributed by atoms with Gasteiger partial charge in [-0.2, -0.15) is 16.9 Å². The Balaban J connectivity index is 2.03. The fraction of sp³-hybridized carbons (Fsp3) is 0.529. The van der Waals surface area contributed by atoms with Crippen LogP contribution in [0.3, 0.4) is 0 Å². The van der Waals surface area contributed by atoms with Gasteiger partial charge in [0.15, 0.2) is 11.1 Å². The maximum Gasteiger partial charge on any atom is 0.218 e. The topological polar surface area (TPSA) is 110 Å². The quantitative estimate of drug-likeness (QED) is 0.404. The van der Waals surface area contributed by atoms with Gasteiger partial charge < -0.3 is 9.87 Å². The Labute approximate surface area is 165 Å². The van der Waals surface area contributed by atoms with E-state index in [0.717, 1.165) is 18.7 Å². The maximum absolute atomic E-state index is 12.8. The van der Waals surface area contributed by atoms with Crippen LogP contribution in [0.25, 0.3) is 0 Å². The summed E-state index contributed by atoms with van der Waals surface area (Å²) in [5, 5.41) is 7.48. The summed E-state index contributed by atoms with van der Waals surface area (Å²) < 4.78 is 21.8. The van der Waals surface area contributed by atoms with E-state index in [4.69, 9.17) is 4.55 Å². The Morgan fingerprint density at radius 2 is 2.30 bits per heavy atom. The molecule has 0 amide bonds. The van der Waals surface area contributed by atoms with Gasteiger partial charge in [0.1, 0.15) is 17.8 Å². The Bertz CT molecular complexity index is 769. The molecule has 0 radical (unpaired) electrons. The van der Waals surface area contributed by atoms with Crippen molar-refractivity contribution in [3.05, 3.63) is 36.0 Å². The normalized spacial score (nSPS) is 13.3. The lowest BCUT2D eigenvalue weighted by Crippen LogP contribution is -2.17. The van der Waals surface area contributed by atoms with Crippen LogP contribution in [0.5, 0.6) is 0 Å². The Hall–Kier alpha value is -1.78. The predicted octanol–water partition coefficient (Wildman–Crippen LogP) is 2.32. The Morgan fingerprint density at radius 3 is 3.00 bits per heavy atom. The van der Waals surface area contributed by atoms with Crippen molar-refractivity contribution in [2.45, 2.75) is 26.3 Å². The van der Waals surface area contributed by atoms with Gasteiger partial charge in [0.2, 0.25) is 5.78 Å². The Morgan fingerprint density at radius 1 is 1.48 bits per heavy atom. The first-order chi connectivity index (χ1) is 13.0. The number of carbonyl (C=O) groups is 1. The molecule has 2 N–H and O–H groups in total. The molecule has 2 aromatic heterocycles. The molecule has 2 atom stereocenters. The van der Waals surface area contributed by atoms with Crippen molar-refractivity contribution in [3.8, 4) is 0 Å². The second-order valence-corrected chi connectivity index (χ2v) is 8.01. The van der Waals surface area contributed by atoms with Gasteiger partial charge in [-0.1, -0.05) is 13.3 Å². The van der Waals surface area contributed by atoms with E-state index >= 15 is 0 Å². The SMILES string of the molecule is CCC(CCNc1ncncc1C(=O)c1ccn(CCSC)n1)CS(=O)O. The van der Waals surface area contributed by atoms with Crippen LogP contribution in [0.1, 0.15) is 35.8 Å². The van der Waals surface area contributed by atoms with Crippen molar-refractivity contribution in [1.82, 2.24) is 19.7 Å². The molecule has 2 unspecified atom stereocenters. The highest BCUT2D eigenvalue weighted by Crippen LogP contribution is 2.16. The van der Waals surface area contributed by atoms with Gasteiger partial charge in [-0.15, -0.1) is 0 Å². The molecule has 0 saturated carbocycles. The minimum atomic E-state index is -1.80. The molecule has 0 aromatic carbocycles. The summed E-state index contributed by atoms with van der Waals surface area (Å²) in [5.74, 6) is 1.53. The molecule has 2 heterocycles. The van der Waals surface area contributed by atoms with Crippen LogP contribution in [0.2, 0.25) is 0 Å². The van der Waals surface area contributed by atoms with Crippen molar-refractivity contribution >= 4 is 34.4 Å². The Kier molecular flexibility index (Phi) is 8.89. The number of hydrogen-bond donors (Lipinski definition) is 2. The monoisotopic (exact) mass is 411 g/mol. The average Bonchev–Trinajstić information content (AvgIpc) is 3.14. The lowest BCUT2D eigenvalue weighted by molar-refractivity contribution is 0.103. The van der Waals surface area contributed by atoms with Crippen LogP contribution in [-0.2, 0) is 17.6 Å². The third-order valence-corrected chi connectivity index (χ3v) is 5.50. The molecule has 0 spiro atoms. The van der Waals surface area contributed by atoms with Gasteiger partial charge in [-0.3, -0.25) is 9.48 Å². The molecular formula is C17H25N5O3S2. The van der Waals surface area contributed by atoms with E-state index in [1.54, 1.807) is 28.7 Å². The second kappa shape index (κ2) is 11.2. The number of aromatic nitrogens is 4. The summed E-state index contributed by atoms with van der Waals surface area (Å²) in [5.41, 5.74) is 0.725. The van der Waals surface area contributed by atoms with E-state index in [9.17, 15) is 9.00 Å². The summed E-state index contributed by atoms with van der Waals surface area (Å²) in [6, 6.07) is 1.70. The summed E-state index contributed by atoms with van der Waals surface area (Å²) >= 11 is -0.0810. The number of thioether (sulfide) groups is 1. The first-order valence-corrected chi connectivity index (χ1v) is 11.4. The van der Waals surface area contributed by atoms with Crippen molar-refractivity contribution in [1.29, 1.82) is 0 Å². The first kappa shape index (κ1) is 21.5. The minimum absolute atomic E-state index is 0.136. The van der Waals surface area contributed by atoms with Gasteiger partial charge in [-0.25, -0.2) is 14.2 Å². The van der Waals surface area contributed by atoms with Crippen LogP contribution >= 0.6 is 11.8 Å². The molecule has 0 aliphatic heterocycles. The summed E-state index contributed by atoms with van der Waals surface area (Å²) in [6.07, 6.45) is 8.22. The second-order valence-electron chi connectivity index (χ2n) is 6.05. The molecule has 8 nitrogen and oxygen atoms in total. The van der Waals surface area contributed by atoms with Crippen LogP contribution in [0, 0.1) is 5.92 Å². The molecule has 0 saturated heterocycles. The number of nitrogens with one attached hydrogen (secondary N) is 1. The molecule has 0 fully saturated rings. The standard InChI is InChI=1S/C17H25N5O3S2/c1-3-13(11-27(24)25)4-6-19-17-14(10-18-12-20-17)16(23)15-5-7-22(21-15)8-9-26-2/h5,7,10,12-13H,3-4,6,8-9,11H2,1-2H3,(H,24,25)(H,18,19,20). The van der Waals surface area contributed by atoms with E-state index in [1.807, 2.05) is 13.2 Å². The van der Waals surface area contributed by atoms with Gasteiger partial charge in [0, 0.05) is 31.2 Å². The predicted molar refractivity (Wildman–Crippen MR) is 109 cm³/mol. The zero-order valence-electron chi connectivity index (χ0n) is 15.5. The van der Waals surface area contributed by atoms with Crippen molar-refractivity contribution in [2.24, 2.45) is 5.92 Å². The summed E-state index contributed by atoms with van der Waals surface area (Å²) in [6.45, 7) is 3.29. The van der Waals surface area contributed by atoms with Gasteiger partial charge in [0.05, 0.1) is 11.3 Å². The van der Waals surface area contributed by atoms with Crippen molar-refractivity contribution in [3.63, 3.8) is 0 Å². The van der Waals surface area contributed by atoms with Crippen molar-refractivity contribution < 1.29 is 13.6 Å². The summed E-state index contributed by atoms with van der Waals surface area (Å²) in [7, 11) is 0. The number of hydrogen-bond acceptors (Lipinski definition) is 7. The average molecular weight is 412 g/mol. The maximum atomic E-state index is 12.8. The molecule has 27 heavy (non-hydrogen) atoms. The molecule has 0 bridgehead atoms. The molecule has 0 aliphatic carbocycles. The molecule has 2 rings (SSSR count). The largest absolute Gasteiger partial charge is 0.369 e. The lowest BCUT2D eigenvalue weighted by Gasteiger charge is -2.14.